The molecule has 2 heterocycles. The molecule has 4 saturated carbocycles. The van der Waals surface area contributed by atoms with E-state index in [0.29, 0.717) is 16.8 Å². The molecule has 4 fully saturated rings. The zero-order valence-corrected chi connectivity index (χ0v) is 21.6. The molecule has 4 atom stereocenters. The highest BCUT2D eigenvalue weighted by Crippen LogP contribution is 2.65. The number of aromatic amines is 1. The molecule has 4 aliphatic rings. The van der Waals surface area contributed by atoms with E-state index in [0.717, 1.165) is 58.9 Å². The van der Waals surface area contributed by atoms with E-state index < -0.39 is 0 Å². The van der Waals surface area contributed by atoms with Gasteiger partial charge in [-0.1, -0.05) is 25.1 Å². The number of nitrogens with zero attached hydrogens (tertiary/aromatic N) is 1. The fourth-order valence-electron chi connectivity index (χ4n) is 8.04. The lowest BCUT2D eigenvalue weighted by atomic mass is 9.44. The number of fused-ring (bicyclic) bond motifs is 1. The average Bonchev–Trinajstić information content (AvgIpc) is 3.32. The minimum Gasteiger partial charge on any atom is -0.355 e. The molecular weight excluding hydrogens is 472 g/mol. The van der Waals surface area contributed by atoms with E-state index in [9.17, 15) is 9.59 Å². The van der Waals surface area contributed by atoms with Gasteiger partial charge in [0.2, 0.25) is 5.91 Å². The second kappa shape index (κ2) is 8.55. The zero-order valence-electron chi connectivity index (χ0n) is 21.6. The summed E-state index contributed by atoms with van der Waals surface area (Å²) in [7, 11) is 0. The summed E-state index contributed by atoms with van der Waals surface area (Å²) in [4.78, 5) is 33.8. The van der Waals surface area contributed by atoms with Gasteiger partial charge < -0.3 is 15.6 Å². The molecule has 4 aliphatic carbocycles. The first kappa shape index (κ1) is 23.2. The van der Waals surface area contributed by atoms with E-state index in [-0.39, 0.29) is 17.2 Å². The predicted octanol–water partition coefficient (Wildman–Crippen LogP) is 7.03. The Morgan fingerprint density at radius 1 is 0.921 bits per heavy atom. The largest absolute Gasteiger partial charge is 0.355 e. The molecule has 4 aromatic rings. The van der Waals surface area contributed by atoms with E-state index in [1.54, 1.807) is 12.3 Å². The van der Waals surface area contributed by atoms with Gasteiger partial charge in [0, 0.05) is 34.0 Å². The van der Waals surface area contributed by atoms with Crippen LogP contribution in [0.1, 0.15) is 55.8 Å². The monoisotopic (exact) mass is 504 g/mol. The summed E-state index contributed by atoms with van der Waals surface area (Å²) in [6.07, 6.45) is 8.72. The third-order valence-corrected chi connectivity index (χ3v) is 9.08. The minimum atomic E-state index is -0.193. The summed E-state index contributed by atoms with van der Waals surface area (Å²) in [5.74, 6) is 1.99. The summed E-state index contributed by atoms with van der Waals surface area (Å²) >= 11 is 0. The van der Waals surface area contributed by atoms with E-state index in [1.807, 2.05) is 54.6 Å². The van der Waals surface area contributed by atoms with Crippen molar-refractivity contribution in [1.29, 1.82) is 0 Å². The number of anilines is 2. The van der Waals surface area contributed by atoms with Crippen molar-refractivity contribution in [3.63, 3.8) is 0 Å². The first-order valence-electron chi connectivity index (χ1n) is 13.6. The molecule has 3 N–H and O–H groups in total. The number of hydrogen-bond acceptors (Lipinski definition) is 3. The first-order valence-corrected chi connectivity index (χ1v) is 13.6. The van der Waals surface area contributed by atoms with Gasteiger partial charge >= 0.3 is 0 Å². The van der Waals surface area contributed by atoms with Crippen molar-refractivity contribution in [2.45, 2.75) is 45.4 Å². The van der Waals surface area contributed by atoms with E-state index in [4.69, 9.17) is 0 Å². The number of hydrogen-bond donors (Lipinski definition) is 3. The van der Waals surface area contributed by atoms with Crippen molar-refractivity contribution in [2.24, 2.45) is 22.7 Å². The summed E-state index contributed by atoms with van der Waals surface area (Å²) in [6.45, 7) is 2.40. The van der Waals surface area contributed by atoms with Gasteiger partial charge in [0.25, 0.3) is 5.91 Å². The lowest BCUT2D eigenvalue weighted by molar-refractivity contribution is -0.149. The molecule has 2 aromatic heterocycles. The number of benzene rings is 2. The molecule has 0 spiro atoms. The fraction of sp³-hybridized carbons (Fsp3) is 0.344. The van der Waals surface area contributed by atoms with Crippen LogP contribution in [-0.2, 0) is 4.79 Å². The van der Waals surface area contributed by atoms with Crippen molar-refractivity contribution in [2.75, 3.05) is 10.6 Å². The second-order valence-corrected chi connectivity index (χ2v) is 12.2. The van der Waals surface area contributed by atoms with Crippen molar-refractivity contribution < 1.29 is 9.59 Å². The Hall–Kier alpha value is -3.93. The molecule has 1 unspecified atom stereocenters. The Labute approximate surface area is 222 Å². The van der Waals surface area contributed by atoms with Gasteiger partial charge in [-0.15, -0.1) is 0 Å². The number of nitrogens with one attached hydrogen (secondary N) is 3. The van der Waals surface area contributed by atoms with Crippen LogP contribution in [0.2, 0.25) is 0 Å². The normalized spacial score (nSPS) is 27.4. The topological polar surface area (TPSA) is 86.9 Å². The molecule has 6 nitrogen and oxygen atoms in total. The number of H-pyrrole nitrogens is 1. The molecule has 0 aliphatic heterocycles. The second-order valence-electron chi connectivity index (χ2n) is 12.2. The summed E-state index contributed by atoms with van der Waals surface area (Å²) in [5, 5.41) is 7.05. The summed E-state index contributed by atoms with van der Waals surface area (Å²) < 4.78 is 0. The number of pyridine rings is 1. The number of rotatable bonds is 5. The molecule has 2 amide bonds. The highest BCUT2D eigenvalue weighted by Gasteiger charge is 2.58. The highest BCUT2D eigenvalue weighted by molar-refractivity contribution is 6.06. The Morgan fingerprint density at radius 3 is 2.42 bits per heavy atom. The molecule has 6 heteroatoms. The van der Waals surface area contributed by atoms with Crippen LogP contribution in [0.5, 0.6) is 0 Å². The number of carbonyl (C=O) groups is 2. The van der Waals surface area contributed by atoms with Crippen molar-refractivity contribution in [1.82, 2.24) is 9.97 Å². The summed E-state index contributed by atoms with van der Waals surface area (Å²) in [6, 6.07) is 21.1. The van der Waals surface area contributed by atoms with Gasteiger partial charge in [-0.3, -0.25) is 9.59 Å². The predicted molar refractivity (Wildman–Crippen MR) is 150 cm³/mol. The molecule has 0 radical (unpaired) electrons. The maximum atomic E-state index is 13.5. The van der Waals surface area contributed by atoms with Gasteiger partial charge in [0.05, 0.1) is 5.41 Å². The Kier molecular flexibility index (Phi) is 5.22. The van der Waals surface area contributed by atoms with Gasteiger partial charge in [0.1, 0.15) is 5.82 Å². The smallest absolute Gasteiger partial charge is 0.256 e. The Balaban J connectivity index is 1.06. The van der Waals surface area contributed by atoms with Crippen molar-refractivity contribution in [3.05, 3.63) is 78.5 Å². The zero-order chi connectivity index (χ0) is 25.9. The molecule has 8 rings (SSSR count). The lowest BCUT2D eigenvalue weighted by Gasteiger charge is -2.60. The van der Waals surface area contributed by atoms with Gasteiger partial charge in [-0.25, -0.2) is 4.98 Å². The third kappa shape index (κ3) is 4.08. The van der Waals surface area contributed by atoms with E-state index >= 15 is 0 Å². The molecule has 38 heavy (non-hydrogen) atoms. The van der Waals surface area contributed by atoms with Crippen LogP contribution < -0.4 is 10.6 Å². The quantitative estimate of drug-likeness (QED) is 0.273. The van der Waals surface area contributed by atoms with E-state index in [1.165, 1.54) is 19.3 Å². The van der Waals surface area contributed by atoms with E-state index in [2.05, 4.69) is 33.6 Å². The maximum absolute atomic E-state index is 13.5. The van der Waals surface area contributed by atoms with Gasteiger partial charge in [0.15, 0.2) is 0 Å². The van der Waals surface area contributed by atoms with Crippen LogP contribution in [0.3, 0.4) is 0 Å². The maximum Gasteiger partial charge on any atom is 0.256 e. The molecule has 192 valence electrons. The Bertz CT molecular complexity index is 1520. The van der Waals surface area contributed by atoms with Crippen LogP contribution in [0.15, 0.2) is 72.9 Å². The number of aromatic nitrogens is 2. The van der Waals surface area contributed by atoms with Gasteiger partial charge in [-0.2, -0.15) is 0 Å². The fourth-order valence-corrected chi connectivity index (χ4v) is 8.04. The van der Waals surface area contributed by atoms with Crippen molar-refractivity contribution >= 4 is 34.2 Å². The molecular formula is C32H32N4O2. The average molecular weight is 505 g/mol. The van der Waals surface area contributed by atoms with Crippen LogP contribution in [0, 0.1) is 22.7 Å². The van der Waals surface area contributed by atoms with Crippen molar-refractivity contribution in [3.8, 4) is 11.3 Å². The first-order chi connectivity index (χ1) is 18.4. The minimum absolute atomic E-state index is 0.185. The van der Waals surface area contributed by atoms with Gasteiger partial charge in [-0.05, 0) is 110 Å². The number of carbonyl (C=O) groups excluding carboxylic acids is 2. The third-order valence-electron chi connectivity index (χ3n) is 9.08. The van der Waals surface area contributed by atoms with Crippen LogP contribution in [0.25, 0.3) is 22.2 Å². The Morgan fingerprint density at radius 2 is 1.71 bits per heavy atom. The van der Waals surface area contributed by atoms with Crippen LogP contribution >= 0.6 is 0 Å². The SMILES string of the molecule is C[C@@]12C[C@@H]3C[C@@H](CC(C(=O)Nc4ccc(-c5cc6cc(C(=O)Nc7ccccn7)ccc6[nH]5)cc4)(C3)C1)C2. The molecule has 0 saturated heterocycles. The lowest BCUT2D eigenvalue weighted by Crippen LogP contribution is -2.55. The molecule has 2 aromatic carbocycles. The molecule has 4 bridgehead atoms. The summed E-state index contributed by atoms with van der Waals surface area (Å²) in [5.41, 5.74) is 4.54. The van der Waals surface area contributed by atoms with Crippen LogP contribution in [0.4, 0.5) is 11.5 Å². The van der Waals surface area contributed by atoms with Crippen LogP contribution in [-0.4, -0.2) is 21.8 Å². The highest BCUT2D eigenvalue weighted by atomic mass is 16.2. The standard InChI is InChI=1S/C32H32N4O2/c1-31-15-20-12-21(16-31)18-32(17-20,19-31)30(38)34-25-8-5-22(6-9-25)27-14-24-13-23(7-10-26(24)35-27)29(37)36-28-4-2-3-11-33-28/h2-11,13-14,20-21,35H,12,15-19H2,1H3,(H,34,38)(H,33,36,37)/t20-,21+,31-,32?. The number of amides is 2.